The van der Waals surface area contributed by atoms with Crippen molar-refractivity contribution in [2.24, 2.45) is 0 Å². The summed E-state index contributed by atoms with van der Waals surface area (Å²) in [7, 11) is 0. The number of amides is 1. The molecule has 2 aromatic carbocycles. The highest BCUT2D eigenvalue weighted by Crippen LogP contribution is 2.31. The molecule has 1 unspecified atom stereocenters. The van der Waals surface area contributed by atoms with E-state index in [0.29, 0.717) is 5.56 Å². The molecule has 5 rings (SSSR count). The van der Waals surface area contributed by atoms with E-state index >= 15 is 0 Å². The Kier molecular flexibility index (Phi) is 4.79. The van der Waals surface area contributed by atoms with Crippen LogP contribution in [0.5, 0.6) is 0 Å². The predicted octanol–water partition coefficient (Wildman–Crippen LogP) is 4.93. The van der Waals surface area contributed by atoms with Crippen molar-refractivity contribution >= 4 is 16.8 Å². The second kappa shape index (κ2) is 7.75. The molecular weight excluding hydrogens is 372 g/mol. The lowest BCUT2D eigenvalue weighted by Gasteiger charge is -2.26. The van der Waals surface area contributed by atoms with E-state index in [-0.39, 0.29) is 11.9 Å². The van der Waals surface area contributed by atoms with Crippen LogP contribution in [-0.2, 0) is 13.0 Å². The summed E-state index contributed by atoms with van der Waals surface area (Å²) in [5.41, 5.74) is 5.72. The van der Waals surface area contributed by atoms with Crippen LogP contribution in [0.1, 0.15) is 47.3 Å². The highest BCUT2D eigenvalue weighted by Gasteiger charge is 2.23. The van der Waals surface area contributed by atoms with E-state index in [9.17, 15) is 4.79 Å². The van der Waals surface area contributed by atoms with E-state index in [1.165, 1.54) is 11.1 Å². The van der Waals surface area contributed by atoms with Crippen molar-refractivity contribution in [3.63, 3.8) is 0 Å². The zero-order chi connectivity index (χ0) is 20.5. The molecule has 0 fully saturated rings. The van der Waals surface area contributed by atoms with Gasteiger partial charge < -0.3 is 5.32 Å². The van der Waals surface area contributed by atoms with Crippen LogP contribution in [0.15, 0.2) is 67.0 Å². The Morgan fingerprint density at radius 1 is 1.17 bits per heavy atom. The number of aryl methyl sites for hydroxylation is 2. The minimum atomic E-state index is -0.0561. The van der Waals surface area contributed by atoms with Gasteiger partial charge in [-0.3, -0.25) is 9.48 Å². The summed E-state index contributed by atoms with van der Waals surface area (Å²) in [6.07, 6.45) is 6.89. The van der Waals surface area contributed by atoms with Crippen molar-refractivity contribution < 1.29 is 4.79 Å². The first-order valence-corrected chi connectivity index (χ1v) is 10.5. The standard InChI is InChI=1S/C25H24N4O/c1-2-29-16-18(15-26-29)24-14-21(20-11-5-6-12-23(20)27-24)25(30)28-22-13-7-9-17-8-3-4-10-19(17)22/h3-6,8,10-12,14-16,22H,2,7,9,13H2,1H3,(H,28,30). The van der Waals surface area contributed by atoms with Gasteiger partial charge in [-0.25, -0.2) is 4.98 Å². The van der Waals surface area contributed by atoms with E-state index in [1.807, 2.05) is 48.1 Å². The van der Waals surface area contributed by atoms with Crippen LogP contribution in [0.25, 0.3) is 22.2 Å². The predicted molar refractivity (Wildman–Crippen MR) is 118 cm³/mol. The van der Waals surface area contributed by atoms with Crippen molar-refractivity contribution in [2.75, 3.05) is 0 Å². The molecule has 5 heteroatoms. The zero-order valence-electron chi connectivity index (χ0n) is 17.0. The van der Waals surface area contributed by atoms with Gasteiger partial charge in [0.1, 0.15) is 0 Å². The molecular formula is C25H24N4O. The van der Waals surface area contributed by atoms with Gasteiger partial charge in [-0.1, -0.05) is 42.5 Å². The van der Waals surface area contributed by atoms with E-state index in [1.54, 1.807) is 6.20 Å². The summed E-state index contributed by atoms with van der Waals surface area (Å²) < 4.78 is 1.87. The van der Waals surface area contributed by atoms with Gasteiger partial charge >= 0.3 is 0 Å². The number of nitrogens with zero attached hydrogens (tertiary/aromatic N) is 3. The average molecular weight is 396 g/mol. The summed E-state index contributed by atoms with van der Waals surface area (Å²) >= 11 is 0. The number of benzene rings is 2. The highest BCUT2D eigenvalue weighted by molar-refractivity contribution is 6.07. The Labute approximate surface area is 175 Å². The van der Waals surface area contributed by atoms with Crippen LogP contribution in [-0.4, -0.2) is 20.7 Å². The molecule has 2 heterocycles. The topological polar surface area (TPSA) is 59.8 Å². The third-order valence-corrected chi connectivity index (χ3v) is 5.89. The van der Waals surface area contributed by atoms with E-state index in [0.717, 1.165) is 48.0 Å². The normalized spacial score (nSPS) is 15.7. The molecule has 150 valence electrons. The van der Waals surface area contributed by atoms with Crippen LogP contribution in [0.4, 0.5) is 0 Å². The summed E-state index contributed by atoms with van der Waals surface area (Å²) in [6.45, 7) is 2.84. The molecule has 0 spiro atoms. The Morgan fingerprint density at radius 3 is 2.87 bits per heavy atom. The lowest BCUT2D eigenvalue weighted by Crippen LogP contribution is -2.31. The molecule has 4 aromatic rings. The van der Waals surface area contributed by atoms with Gasteiger partial charge in [0.2, 0.25) is 0 Å². The molecule has 0 saturated heterocycles. The molecule has 1 aliphatic carbocycles. The first kappa shape index (κ1) is 18.6. The lowest BCUT2D eigenvalue weighted by molar-refractivity contribution is 0.0934. The number of carbonyl (C=O) groups is 1. The zero-order valence-corrected chi connectivity index (χ0v) is 17.0. The molecule has 1 atom stereocenters. The number of para-hydroxylation sites is 1. The van der Waals surface area contributed by atoms with Crippen molar-refractivity contribution in [1.82, 2.24) is 20.1 Å². The number of rotatable bonds is 4. The molecule has 1 aliphatic rings. The fraction of sp³-hybridized carbons (Fsp3) is 0.240. The number of nitrogens with one attached hydrogen (secondary N) is 1. The van der Waals surface area contributed by atoms with Crippen molar-refractivity contribution in [2.45, 2.75) is 38.8 Å². The largest absolute Gasteiger partial charge is 0.345 e. The minimum Gasteiger partial charge on any atom is -0.345 e. The maximum Gasteiger partial charge on any atom is 0.252 e. The molecule has 0 radical (unpaired) electrons. The third-order valence-electron chi connectivity index (χ3n) is 5.89. The maximum atomic E-state index is 13.4. The van der Waals surface area contributed by atoms with Crippen LogP contribution in [0.2, 0.25) is 0 Å². The summed E-state index contributed by atoms with van der Waals surface area (Å²) in [6, 6.07) is 18.2. The van der Waals surface area contributed by atoms with E-state index in [4.69, 9.17) is 4.98 Å². The molecule has 0 aliphatic heterocycles. The van der Waals surface area contributed by atoms with Gasteiger partial charge in [0.25, 0.3) is 5.91 Å². The number of hydrogen-bond acceptors (Lipinski definition) is 3. The molecule has 30 heavy (non-hydrogen) atoms. The smallest absolute Gasteiger partial charge is 0.252 e. The number of fused-ring (bicyclic) bond motifs is 2. The number of hydrogen-bond donors (Lipinski definition) is 1. The quantitative estimate of drug-likeness (QED) is 0.532. The van der Waals surface area contributed by atoms with E-state index < -0.39 is 0 Å². The van der Waals surface area contributed by atoms with Gasteiger partial charge in [-0.15, -0.1) is 0 Å². The lowest BCUT2D eigenvalue weighted by atomic mass is 9.87. The Bertz CT molecular complexity index is 1230. The fourth-order valence-corrected chi connectivity index (χ4v) is 4.32. The molecule has 1 N–H and O–H groups in total. The van der Waals surface area contributed by atoms with Crippen LogP contribution < -0.4 is 5.32 Å². The first-order chi connectivity index (χ1) is 14.7. The Morgan fingerprint density at radius 2 is 2.00 bits per heavy atom. The fourth-order valence-electron chi connectivity index (χ4n) is 4.32. The maximum absolute atomic E-state index is 13.4. The number of aromatic nitrogens is 3. The van der Waals surface area contributed by atoms with Crippen molar-refractivity contribution in [3.05, 3.63) is 83.7 Å². The molecule has 5 nitrogen and oxygen atoms in total. The molecule has 1 amide bonds. The molecule has 0 bridgehead atoms. The van der Waals surface area contributed by atoms with Crippen LogP contribution >= 0.6 is 0 Å². The first-order valence-electron chi connectivity index (χ1n) is 10.5. The summed E-state index contributed by atoms with van der Waals surface area (Å²) in [5.74, 6) is -0.0561. The van der Waals surface area contributed by atoms with Gasteiger partial charge in [-0.05, 0) is 49.4 Å². The van der Waals surface area contributed by atoms with E-state index in [2.05, 4.69) is 34.7 Å². The highest BCUT2D eigenvalue weighted by atomic mass is 16.1. The molecule has 0 saturated carbocycles. The van der Waals surface area contributed by atoms with Crippen LogP contribution in [0, 0.1) is 0 Å². The van der Waals surface area contributed by atoms with Crippen molar-refractivity contribution in [1.29, 1.82) is 0 Å². The van der Waals surface area contributed by atoms with Gasteiger partial charge in [0.15, 0.2) is 0 Å². The van der Waals surface area contributed by atoms with Gasteiger partial charge in [-0.2, -0.15) is 5.10 Å². The number of carbonyl (C=O) groups excluding carboxylic acids is 1. The Hall–Kier alpha value is -3.47. The van der Waals surface area contributed by atoms with Gasteiger partial charge in [0, 0.05) is 23.7 Å². The van der Waals surface area contributed by atoms with Gasteiger partial charge in [0.05, 0.1) is 29.0 Å². The average Bonchev–Trinajstić information content (AvgIpc) is 3.28. The summed E-state index contributed by atoms with van der Waals surface area (Å²) in [4.78, 5) is 18.2. The Balaban J connectivity index is 1.54. The van der Waals surface area contributed by atoms with Crippen molar-refractivity contribution in [3.8, 4) is 11.3 Å². The SMILES string of the molecule is CCn1cc(-c2cc(C(=O)NC3CCCc4ccccc43)c3ccccc3n2)cn1. The minimum absolute atomic E-state index is 0.0423. The summed E-state index contributed by atoms with van der Waals surface area (Å²) in [5, 5.41) is 8.52. The monoisotopic (exact) mass is 396 g/mol. The second-order valence-electron chi connectivity index (χ2n) is 7.77. The second-order valence-corrected chi connectivity index (χ2v) is 7.77. The number of pyridine rings is 1. The van der Waals surface area contributed by atoms with Crippen LogP contribution in [0.3, 0.4) is 0 Å². The third kappa shape index (κ3) is 3.36. The molecule has 2 aromatic heterocycles.